The zero-order valence-electron chi connectivity index (χ0n) is 5.74. The van der Waals surface area contributed by atoms with Crippen LogP contribution in [0.1, 0.15) is 6.92 Å². The standard InChI is InChI=1S/C6H11N2.ClH/c1-3-8-5-4-7(2)6-8;/h4-6H,3H2,1-2H3;1H/q+1;. The Balaban J connectivity index is 0.000000640. The first-order chi connectivity index (χ1) is 3.83. The van der Waals surface area contributed by atoms with E-state index in [-0.39, 0.29) is 12.4 Å². The first kappa shape index (κ1) is 8.50. The Morgan fingerprint density at radius 3 is 2.44 bits per heavy atom. The summed E-state index contributed by atoms with van der Waals surface area (Å²) < 4.78 is 4.16. The minimum atomic E-state index is 0. The Labute approximate surface area is 61.5 Å². The second-order valence-electron chi connectivity index (χ2n) is 1.91. The van der Waals surface area contributed by atoms with Crippen LogP contribution < -0.4 is 4.57 Å². The smallest absolute Gasteiger partial charge is 0.240 e. The molecular formula is C6H12ClN2+. The Bertz CT molecular complexity index is 171. The third kappa shape index (κ3) is 2.06. The molecule has 0 aliphatic carbocycles. The molecule has 0 N–H and O–H groups in total. The lowest BCUT2D eigenvalue weighted by Gasteiger charge is -1.81. The Morgan fingerprint density at radius 1 is 1.56 bits per heavy atom. The molecule has 0 fully saturated rings. The number of halogens is 1. The van der Waals surface area contributed by atoms with Gasteiger partial charge in [-0.15, -0.1) is 12.4 Å². The van der Waals surface area contributed by atoms with Gasteiger partial charge in [0.15, 0.2) is 0 Å². The van der Waals surface area contributed by atoms with Crippen molar-refractivity contribution in [3.63, 3.8) is 0 Å². The van der Waals surface area contributed by atoms with Crippen molar-refractivity contribution >= 4 is 12.4 Å². The van der Waals surface area contributed by atoms with E-state index in [0.717, 1.165) is 6.54 Å². The molecule has 52 valence electrons. The number of hydrogen-bond donors (Lipinski definition) is 0. The third-order valence-corrected chi connectivity index (χ3v) is 1.19. The molecule has 9 heavy (non-hydrogen) atoms. The second kappa shape index (κ2) is 3.51. The van der Waals surface area contributed by atoms with Crippen LogP contribution in [0.5, 0.6) is 0 Å². The van der Waals surface area contributed by atoms with E-state index in [2.05, 4.69) is 24.0 Å². The summed E-state index contributed by atoms with van der Waals surface area (Å²) in [6.45, 7) is 3.18. The summed E-state index contributed by atoms with van der Waals surface area (Å²) in [5.74, 6) is 0. The van der Waals surface area contributed by atoms with Gasteiger partial charge in [0.1, 0.15) is 12.4 Å². The van der Waals surface area contributed by atoms with Gasteiger partial charge < -0.3 is 0 Å². The largest absolute Gasteiger partial charge is 0.243 e. The van der Waals surface area contributed by atoms with Crippen LogP contribution in [0.4, 0.5) is 0 Å². The first-order valence-electron chi connectivity index (χ1n) is 2.84. The number of aryl methyl sites for hydroxylation is 2. The van der Waals surface area contributed by atoms with Crippen molar-refractivity contribution in [2.24, 2.45) is 7.05 Å². The van der Waals surface area contributed by atoms with E-state index in [9.17, 15) is 0 Å². The molecule has 3 heteroatoms. The normalized spacial score (nSPS) is 8.67. The van der Waals surface area contributed by atoms with Gasteiger partial charge in [-0.25, -0.2) is 9.13 Å². The fraction of sp³-hybridized carbons (Fsp3) is 0.500. The van der Waals surface area contributed by atoms with Crippen LogP contribution in [0.25, 0.3) is 0 Å². The average Bonchev–Trinajstić information content (AvgIpc) is 2.14. The van der Waals surface area contributed by atoms with Crippen molar-refractivity contribution in [2.75, 3.05) is 0 Å². The number of nitrogens with zero attached hydrogens (tertiary/aromatic N) is 2. The molecule has 0 amide bonds. The zero-order valence-corrected chi connectivity index (χ0v) is 6.56. The molecule has 0 saturated heterocycles. The van der Waals surface area contributed by atoms with E-state index in [4.69, 9.17) is 0 Å². The summed E-state index contributed by atoms with van der Waals surface area (Å²) >= 11 is 0. The number of hydrogen-bond acceptors (Lipinski definition) is 0. The highest BCUT2D eigenvalue weighted by Gasteiger charge is 1.92. The third-order valence-electron chi connectivity index (χ3n) is 1.19. The van der Waals surface area contributed by atoms with Crippen LogP contribution in [0.2, 0.25) is 0 Å². The van der Waals surface area contributed by atoms with Crippen LogP contribution in [0, 0.1) is 0 Å². The van der Waals surface area contributed by atoms with E-state index < -0.39 is 0 Å². The predicted molar refractivity (Wildman–Crippen MR) is 38.5 cm³/mol. The summed E-state index contributed by atoms with van der Waals surface area (Å²) in [5.41, 5.74) is 0. The van der Waals surface area contributed by atoms with Crippen molar-refractivity contribution in [3.05, 3.63) is 18.7 Å². The maximum atomic E-state index is 2.12. The summed E-state index contributed by atoms with van der Waals surface area (Å²) in [5, 5.41) is 0. The van der Waals surface area contributed by atoms with Gasteiger partial charge in [0.25, 0.3) is 0 Å². The molecule has 1 aromatic rings. The minimum Gasteiger partial charge on any atom is -0.240 e. The minimum absolute atomic E-state index is 0. The second-order valence-corrected chi connectivity index (χ2v) is 1.91. The van der Waals surface area contributed by atoms with Gasteiger partial charge >= 0.3 is 0 Å². The SMILES string of the molecule is CC[n+]1ccn(C)c1.Cl. The molecule has 1 rings (SSSR count). The number of aromatic nitrogens is 2. The highest BCUT2D eigenvalue weighted by Crippen LogP contribution is 1.74. The lowest BCUT2D eigenvalue weighted by Crippen LogP contribution is -2.28. The summed E-state index contributed by atoms with van der Waals surface area (Å²) in [6.07, 6.45) is 6.14. The Morgan fingerprint density at radius 2 is 2.22 bits per heavy atom. The van der Waals surface area contributed by atoms with Crippen LogP contribution in [-0.2, 0) is 13.6 Å². The van der Waals surface area contributed by atoms with Crippen LogP contribution in [0.15, 0.2) is 18.7 Å². The van der Waals surface area contributed by atoms with Crippen molar-refractivity contribution < 1.29 is 4.57 Å². The highest BCUT2D eigenvalue weighted by atomic mass is 35.5. The molecule has 0 atom stereocenters. The van der Waals surface area contributed by atoms with Crippen molar-refractivity contribution in [1.29, 1.82) is 0 Å². The van der Waals surface area contributed by atoms with Gasteiger partial charge in [-0.3, -0.25) is 0 Å². The van der Waals surface area contributed by atoms with E-state index in [0.29, 0.717) is 0 Å². The molecule has 1 aromatic heterocycles. The monoisotopic (exact) mass is 147 g/mol. The molecule has 0 unspecified atom stereocenters. The van der Waals surface area contributed by atoms with Gasteiger partial charge in [-0.05, 0) is 6.92 Å². The zero-order chi connectivity index (χ0) is 5.98. The molecule has 0 aliphatic heterocycles. The molecule has 0 bridgehead atoms. The van der Waals surface area contributed by atoms with E-state index in [1.807, 2.05) is 17.8 Å². The highest BCUT2D eigenvalue weighted by molar-refractivity contribution is 5.85. The molecule has 2 nitrogen and oxygen atoms in total. The van der Waals surface area contributed by atoms with Gasteiger partial charge in [-0.1, -0.05) is 0 Å². The Kier molecular flexibility index (Phi) is 3.32. The van der Waals surface area contributed by atoms with Crippen LogP contribution >= 0.6 is 12.4 Å². The van der Waals surface area contributed by atoms with E-state index >= 15 is 0 Å². The molecule has 0 spiro atoms. The van der Waals surface area contributed by atoms with Gasteiger partial charge in [0.2, 0.25) is 6.33 Å². The fourth-order valence-electron chi connectivity index (χ4n) is 0.689. The van der Waals surface area contributed by atoms with Crippen molar-refractivity contribution in [2.45, 2.75) is 13.5 Å². The predicted octanol–water partition coefficient (Wildman–Crippen LogP) is 0.754. The quantitative estimate of drug-likeness (QED) is 0.519. The van der Waals surface area contributed by atoms with Crippen LogP contribution in [-0.4, -0.2) is 4.57 Å². The molecule has 0 saturated carbocycles. The fourth-order valence-corrected chi connectivity index (χ4v) is 0.689. The summed E-state index contributed by atoms with van der Waals surface area (Å²) in [6, 6.07) is 0. The molecule has 1 heterocycles. The molecule has 0 aromatic carbocycles. The number of imidazole rings is 1. The molecular weight excluding hydrogens is 136 g/mol. The van der Waals surface area contributed by atoms with Crippen LogP contribution in [0.3, 0.4) is 0 Å². The van der Waals surface area contributed by atoms with E-state index in [1.165, 1.54) is 0 Å². The van der Waals surface area contributed by atoms with Gasteiger partial charge in [-0.2, -0.15) is 0 Å². The molecule has 0 radical (unpaired) electrons. The maximum Gasteiger partial charge on any atom is 0.243 e. The summed E-state index contributed by atoms with van der Waals surface area (Å²) in [7, 11) is 2.02. The Hall–Kier alpha value is -0.500. The number of rotatable bonds is 1. The maximum absolute atomic E-state index is 2.12. The van der Waals surface area contributed by atoms with Crippen molar-refractivity contribution in [3.8, 4) is 0 Å². The lowest BCUT2D eigenvalue weighted by molar-refractivity contribution is -0.693. The molecule has 0 aliphatic rings. The van der Waals surface area contributed by atoms with Gasteiger partial charge in [0.05, 0.1) is 13.6 Å². The van der Waals surface area contributed by atoms with Crippen molar-refractivity contribution in [1.82, 2.24) is 4.57 Å². The summed E-state index contributed by atoms with van der Waals surface area (Å²) in [4.78, 5) is 0. The first-order valence-corrected chi connectivity index (χ1v) is 2.84. The van der Waals surface area contributed by atoms with E-state index in [1.54, 1.807) is 0 Å². The average molecular weight is 148 g/mol. The topological polar surface area (TPSA) is 8.81 Å². The van der Waals surface area contributed by atoms with Gasteiger partial charge in [0, 0.05) is 0 Å². The lowest BCUT2D eigenvalue weighted by atomic mass is 10.7.